The maximum Gasteiger partial charge on any atom is 0.270 e. The lowest BCUT2D eigenvalue weighted by atomic mass is 10.1. The lowest BCUT2D eigenvalue weighted by Gasteiger charge is -2.24. The van der Waals surface area contributed by atoms with Gasteiger partial charge in [0.25, 0.3) is 5.91 Å². The Morgan fingerprint density at radius 1 is 0.944 bits per heavy atom. The number of hydrogen-bond donors (Lipinski definition) is 3. The number of aryl methyl sites for hydroxylation is 1. The minimum absolute atomic E-state index is 0.0971. The Balaban J connectivity index is 1.14. The summed E-state index contributed by atoms with van der Waals surface area (Å²) in [6.45, 7) is 1.35. The van der Waals surface area contributed by atoms with Crippen molar-refractivity contribution in [1.29, 1.82) is 0 Å². The summed E-state index contributed by atoms with van der Waals surface area (Å²) in [4.78, 5) is 24.7. The van der Waals surface area contributed by atoms with Gasteiger partial charge in [-0.05, 0) is 30.4 Å². The number of carbonyl (C=O) groups excluding carboxylic acids is 2. The molecule has 0 saturated heterocycles. The molecule has 2 heterocycles. The highest BCUT2D eigenvalue weighted by atomic mass is 32.1. The van der Waals surface area contributed by atoms with Gasteiger partial charge in [-0.15, -0.1) is 15.3 Å². The third kappa shape index (κ3) is 7.62. The van der Waals surface area contributed by atoms with E-state index in [0.29, 0.717) is 23.8 Å². The normalized spacial score (nSPS) is 13.2. The molecule has 9 nitrogen and oxygen atoms in total. The Morgan fingerprint density at radius 3 is 2.42 bits per heavy atom. The Hall–Kier alpha value is -3.76. The predicted molar refractivity (Wildman–Crippen MR) is 140 cm³/mol. The second kappa shape index (κ2) is 12.8. The summed E-state index contributed by atoms with van der Waals surface area (Å²) in [5.74, 6) is -0.212. The molecule has 0 saturated carbocycles. The average Bonchev–Trinajstić information content (AvgIpc) is 3.49. The van der Waals surface area contributed by atoms with E-state index in [-0.39, 0.29) is 11.8 Å². The lowest BCUT2D eigenvalue weighted by Crippen LogP contribution is -2.41. The largest absolute Gasteiger partial charge is 0.350 e. The van der Waals surface area contributed by atoms with Crippen LogP contribution in [0.1, 0.15) is 29.0 Å². The van der Waals surface area contributed by atoms with E-state index in [9.17, 15) is 9.59 Å². The van der Waals surface area contributed by atoms with Crippen molar-refractivity contribution < 1.29 is 9.59 Å². The highest BCUT2D eigenvalue weighted by Crippen LogP contribution is 2.18. The van der Waals surface area contributed by atoms with Crippen LogP contribution in [0.25, 0.3) is 0 Å². The van der Waals surface area contributed by atoms with Gasteiger partial charge in [-0.3, -0.25) is 20.0 Å². The first-order chi connectivity index (χ1) is 17.6. The molecule has 3 aromatic rings. The molecule has 1 aliphatic rings. The van der Waals surface area contributed by atoms with Crippen LogP contribution in [0.2, 0.25) is 0 Å². The van der Waals surface area contributed by atoms with E-state index >= 15 is 0 Å². The Kier molecular flexibility index (Phi) is 9.01. The van der Waals surface area contributed by atoms with Crippen molar-refractivity contribution in [1.82, 2.24) is 31.1 Å². The van der Waals surface area contributed by atoms with Crippen LogP contribution in [0, 0.1) is 0 Å². The second-order valence-corrected chi connectivity index (χ2v) is 9.56. The fraction of sp³-hybridized carbons (Fsp3) is 0.308. The molecule has 0 spiro atoms. The van der Waals surface area contributed by atoms with Crippen molar-refractivity contribution in [2.24, 2.45) is 0 Å². The van der Waals surface area contributed by atoms with Crippen molar-refractivity contribution in [3.05, 3.63) is 88.7 Å². The lowest BCUT2D eigenvalue weighted by molar-refractivity contribution is -0.118. The molecule has 1 aliphatic heterocycles. The van der Waals surface area contributed by atoms with E-state index in [1.165, 1.54) is 16.9 Å². The average molecular weight is 506 g/mol. The van der Waals surface area contributed by atoms with Crippen molar-refractivity contribution >= 4 is 28.3 Å². The summed E-state index contributed by atoms with van der Waals surface area (Å²) in [6, 6.07) is 19.7. The minimum atomic E-state index is -0.115. The van der Waals surface area contributed by atoms with Crippen LogP contribution in [0.5, 0.6) is 0 Å². The summed E-state index contributed by atoms with van der Waals surface area (Å²) in [7, 11) is 1.88. The van der Waals surface area contributed by atoms with Crippen molar-refractivity contribution in [2.45, 2.75) is 32.1 Å². The summed E-state index contributed by atoms with van der Waals surface area (Å²) in [6.07, 6.45) is 5.57. The van der Waals surface area contributed by atoms with Crippen LogP contribution in [-0.2, 0) is 28.9 Å². The Labute approximate surface area is 215 Å². The van der Waals surface area contributed by atoms with Gasteiger partial charge in [0.05, 0.1) is 6.42 Å². The highest BCUT2D eigenvalue weighted by Gasteiger charge is 2.22. The van der Waals surface area contributed by atoms with Crippen LogP contribution >= 0.6 is 11.3 Å². The number of carbonyl (C=O) groups is 2. The van der Waals surface area contributed by atoms with Gasteiger partial charge in [0.15, 0.2) is 0 Å². The van der Waals surface area contributed by atoms with Gasteiger partial charge in [-0.1, -0.05) is 72.0 Å². The molecular weight excluding hydrogens is 474 g/mol. The van der Waals surface area contributed by atoms with Crippen LogP contribution in [0.4, 0.5) is 5.13 Å². The quantitative estimate of drug-likeness (QED) is 0.325. The molecule has 2 amide bonds. The summed E-state index contributed by atoms with van der Waals surface area (Å²) >= 11 is 1.41. The number of rotatable bonds is 12. The van der Waals surface area contributed by atoms with E-state index in [1.54, 1.807) is 0 Å². The van der Waals surface area contributed by atoms with Gasteiger partial charge in [0, 0.05) is 32.8 Å². The number of hydrazine groups is 2. The van der Waals surface area contributed by atoms with E-state index in [1.807, 2.05) is 71.9 Å². The van der Waals surface area contributed by atoms with Crippen molar-refractivity contribution in [3.8, 4) is 0 Å². The Morgan fingerprint density at radius 2 is 1.67 bits per heavy atom. The first-order valence-corrected chi connectivity index (χ1v) is 12.9. The monoisotopic (exact) mass is 505 g/mol. The van der Waals surface area contributed by atoms with E-state index in [0.717, 1.165) is 42.8 Å². The van der Waals surface area contributed by atoms with E-state index in [2.05, 4.69) is 38.4 Å². The topological polar surface area (TPSA) is 102 Å². The van der Waals surface area contributed by atoms with Gasteiger partial charge in [0.1, 0.15) is 10.7 Å². The van der Waals surface area contributed by atoms with Crippen LogP contribution in [0.15, 0.2) is 72.6 Å². The van der Waals surface area contributed by atoms with Gasteiger partial charge in [-0.2, -0.15) is 0 Å². The van der Waals surface area contributed by atoms with Gasteiger partial charge < -0.3 is 10.6 Å². The van der Waals surface area contributed by atoms with Crippen molar-refractivity contribution in [3.63, 3.8) is 0 Å². The molecule has 4 rings (SSSR count). The summed E-state index contributed by atoms with van der Waals surface area (Å²) in [5, 5.41) is 19.3. The maximum atomic E-state index is 12.5. The molecule has 188 valence electrons. The van der Waals surface area contributed by atoms with E-state index in [4.69, 9.17) is 0 Å². The highest BCUT2D eigenvalue weighted by molar-refractivity contribution is 7.15. The standard InChI is InChI=1S/C26H31N7O2S/c1-32-31-22(25(35)27-16-15-20-10-4-2-5-11-20)19-33(32)17-9-8-14-24-29-30-26(36-24)28-23(34)18-21-12-6-3-7-13-21/h2-7,10-13,19,31H,8-9,14-18H2,1H3,(H,27,35)(H,28,30,34). The number of aromatic nitrogens is 2. The van der Waals surface area contributed by atoms with Crippen LogP contribution in [0.3, 0.4) is 0 Å². The molecular formula is C26H31N7O2S. The third-order valence-electron chi connectivity index (χ3n) is 5.68. The van der Waals surface area contributed by atoms with Crippen LogP contribution in [-0.4, -0.2) is 52.3 Å². The minimum Gasteiger partial charge on any atom is -0.350 e. The molecule has 3 N–H and O–H groups in total. The second-order valence-electron chi connectivity index (χ2n) is 8.50. The zero-order valence-corrected chi connectivity index (χ0v) is 21.1. The van der Waals surface area contributed by atoms with Gasteiger partial charge >= 0.3 is 0 Å². The van der Waals surface area contributed by atoms with Crippen LogP contribution < -0.4 is 16.1 Å². The third-order valence-corrected chi connectivity index (χ3v) is 6.58. The summed E-state index contributed by atoms with van der Waals surface area (Å²) in [5.41, 5.74) is 5.79. The number of hydrogen-bond acceptors (Lipinski definition) is 8. The number of nitrogens with one attached hydrogen (secondary N) is 3. The zero-order valence-electron chi connectivity index (χ0n) is 20.3. The van der Waals surface area contributed by atoms with E-state index < -0.39 is 0 Å². The fourth-order valence-corrected chi connectivity index (χ4v) is 4.58. The molecule has 0 aliphatic carbocycles. The number of amides is 2. The predicted octanol–water partition coefficient (Wildman–Crippen LogP) is 2.91. The number of benzene rings is 2. The molecule has 36 heavy (non-hydrogen) atoms. The maximum absolute atomic E-state index is 12.5. The Bertz CT molecular complexity index is 1170. The first kappa shape index (κ1) is 25.3. The number of nitrogens with zero attached hydrogens (tertiary/aromatic N) is 4. The molecule has 1 aromatic heterocycles. The molecule has 10 heteroatoms. The molecule has 0 unspecified atom stereocenters. The number of anilines is 1. The molecule has 0 bridgehead atoms. The molecule has 0 fully saturated rings. The van der Waals surface area contributed by atoms with Gasteiger partial charge in [-0.25, -0.2) is 0 Å². The van der Waals surface area contributed by atoms with Gasteiger partial charge in [0.2, 0.25) is 11.0 Å². The fourth-order valence-electron chi connectivity index (χ4n) is 3.79. The number of unbranched alkanes of at least 4 members (excludes halogenated alkanes) is 1. The zero-order chi connectivity index (χ0) is 25.2. The first-order valence-electron chi connectivity index (χ1n) is 12.0. The SMILES string of the molecule is CN1NC(C(=O)NCCc2ccccc2)=CN1CCCCc1nnc(NC(=O)Cc2ccccc2)s1. The molecule has 0 radical (unpaired) electrons. The summed E-state index contributed by atoms with van der Waals surface area (Å²) < 4.78 is 0. The van der Waals surface area contributed by atoms with Crippen molar-refractivity contribution in [2.75, 3.05) is 25.5 Å². The smallest absolute Gasteiger partial charge is 0.270 e. The molecule has 2 aromatic carbocycles. The molecule has 0 atom stereocenters.